The minimum absolute atomic E-state index is 0.263. The van der Waals surface area contributed by atoms with Crippen LogP contribution in [0.5, 0.6) is 5.75 Å². The van der Waals surface area contributed by atoms with Gasteiger partial charge >= 0.3 is 11.8 Å². The van der Waals surface area contributed by atoms with Gasteiger partial charge < -0.3 is 20.1 Å². The lowest BCUT2D eigenvalue weighted by atomic mass is 9.74. The average molecular weight is 400 g/mol. The van der Waals surface area contributed by atoms with Gasteiger partial charge in [0.05, 0.1) is 12.8 Å². The van der Waals surface area contributed by atoms with E-state index < -0.39 is 17.2 Å². The van der Waals surface area contributed by atoms with Crippen LogP contribution in [0.2, 0.25) is 0 Å². The third kappa shape index (κ3) is 4.92. The molecule has 0 radical (unpaired) electrons. The smallest absolute Gasteiger partial charge is 0.313 e. The molecule has 2 amide bonds. The molecule has 0 saturated carbocycles. The van der Waals surface area contributed by atoms with E-state index in [1.807, 2.05) is 13.0 Å². The molecule has 3 rings (SSSR count). The number of hydrogen-bond acceptors (Lipinski definition) is 4. The molecule has 154 valence electrons. The Morgan fingerprint density at radius 3 is 2.45 bits per heavy atom. The predicted molar refractivity (Wildman–Crippen MR) is 108 cm³/mol. The molecule has 0 bridgehead atoms. The van der Waals surface area contributed by atoms with Gasteiger partial charge in [0.25, 0.3) is 0 Å². The Morgan fingerprint density at radius 2 is 1.79 bits per heavy atom. The molecule has 6 nitrogen and oxygen atoms in total. The largest absolute Gasteiger partial charge is 0.495 e. The van der Waals surface area contributed by atoms with Gasteiger partial charge in [-0.3, -0.25) is 9.59 Å². The lowest BCUT2D eigenvalue weighted by molar-refractivity contribution is -0.136. The predicted octanol–water partition coefficient (Wildman–Crippen LogP) is 2.95. The second kappa shape index (κ2) is 9.05. The highest BCUT2D eigenvalue weighted by Gasteiger charge is 2.35. The molecule has 0 spiro atoms. The summed E-state index contributed by atoms with van der Waals surface area (Å²) in [4.78, 5) is 24.8. The van der Waals surface area contributed by atoms with Crippen LogP contribution in [0.1, 0.15) is 24.0 Å². The van der Waals surface area contributed by atoms with E-state index in [1.54, 1.807) is 24.3 Å². The molecular weight excluding hydrogens is 375 g/mol. The zero-order chi connectivity index (χ0) is 20.9. The maximum atomic E-state index is 13.3. The van der Waals surface area contributed by atoms with Gasteiger partial charge in [-0.25, -0.2) is 4.39 Å². The van der Waals surface area contributed by atoms with E-state index >= 15 is 0 Å². The summed E-state index contributed by atoms with van der Waals surface area (Å²) in [5.41, 5.74) is 1.89. The Bertz CT molecular complexity index is 877. The van der Waals surface area contributed by atoms with Crippen molar-refractivity contribution < 1.29 is 23.5 Å². The number of hydrogen-bond donors (Lipinski definition) is 2. The molecule has 0 aromatic heterocycles. The van der Waals surface area contributed by atoms with Crippen LogP contribution in [-0.4, -0.2) is 38.7 Å². The maximum Gasteiger partial charge on any atom is 0.313 e. The van der Waals surface area contributed by atoms with Gasteiger partial charge in [-0.15, -0.1) is 0 Å². The minimum Gasteiger partial charge on any atom is -0.495 e. The van der Waals surface area contributed by atoms with Crippen molar-refractivity contribution >= 4 is 17.5 Å². The summed E-state index contributed by atoms with van der Waals surface area (Å²) < 4.78 is 24.0. The van der Waals surface area contributed by atoms with Crippen LogP contribution in [0.4, 0.5) is 10.1 Å². The van der Waals surface area contributed by atoms with E-state index in [0.29, 0.717) is 37.5 Å². The Kier molecular flexibility index (Phi) is 6.49. The number of methoxy groups -OCH3 is 1. The monoisotopic (exact) mass is 400 g/mol. The number of benzene rings is 2. The van der Waals surface area contributed by atoms with Crippen LogP contribution in [-0.2, 0) is 19.7 Å². The van der Waals surface area contributed by atoms with E-state index in [2.05, 4.69) is 10.6 Å². The fourth-order valence-electron chi connectivity index (χ4n) is 3.56. The number of carbonyl (C=O) groups excluding carboxylic acids is 2. The van der Waals surface area contributed by atoms with E-state index in [-0.39, 0.29) is 12.4 Å². The van der Waals surface area contributed by atoms with Gasteiger partial charge in [-0.05, 0) is 55.2 Å². The van der Waals surface area contributed by atoms with Crippen molar-refractivity contribution in [3.8, 4) is 5.75 Å². The van der Waals surface area contributed by atoms with Crippen LogP contribution in [0.25, 0.3) is 0 Å². The molecule has 1 fully saturated rings. The number of amides is 2. The number of anilines is 1. The molecule has 2 aromatic rings. The second-order valence-electron chi connectivity index (χ2n) is 7.24. The normalized spacial score (nSPS) is 15.4. The molecule has 0 aliphatic carbocycles. The molecule has 1 heterocycles. The summed E-state index contributed by atoms with van der Waals surface area (Å²) in [5.74, 6) is -1.34. The first-order valence-corrected chi connectivity index (χ1v) is 9.51. The van der Waals surface area contributed by atoms with Crippen molar-refractivity contribution in [2.45, 2.75) is 25.2 Å². The minimum atomic E-state index is -0.768. The summed E-state index contributed by atoms with van der Waals surface area (Å²) in [6.45, 7) is 3.23. The fraction of sp³-hybridized carbons (Fsp3) is 0.364. The van der Waals surface area contributed by atoms with Crippen molar-refractivity contribution in [1.29, 1.82) is 0 Å². The Labute approximate surface area is 169 Å². The molecule has 2 aromatic carbocycles. The van der Waals surface area contributed by atoms with Crippen molar-refractivity contribution in [1.82, 2.24) is 5.32 Å². The zero-order valence-corrected chi connectivity index (χ0v) is 16.6. The highest BCUT2D eigenvalue weighted by atomic mass is 19.1. The number of halogens is 1. The quantitative estimate of drug-likeness (QED) is 0.757. The lowest BCUT2D eigenvalue weighted by Crippen LogP contribution is -2.47. The topological polar surface area (TPSA) is 76.7 Å². The molecule has 29 heavy (non-hydrogen) atoms. The number of carbonyl (C=O) groups is 2. The van der Waals surface area contributed by atoms with Crippen molar-refractivity contribution in [2.75, 3.05) is 32.2 Å². The van der Waals surface area contributed by atoms with Gasteiger partial charge in [0.2, 0.25) is 0 Å². The number of ether oxygens (including phenoxy) is 2. The second-order valence-corrected chi connectivity index (χ2v) is 7.24. The lowest BCUT2D eigenvalue weighted by Gasteiger charge is -2.37. The molecule has 7 heteroatoms. The molecule has 1 aliphatic rings. The summed E-state index contributed by atoms with van der Waals surface area (Å²) in [7, 11) is 1.50. The van der Waals surface area contributed by atoms with E-state index in [1.165, 1.54) is 19.2 Å². The summed E-state index contributed by atoms with van der Waals surface area (Å²) in [6, 6.07) is 11.6. The molecule has 0 atom stereocenters. The Morgan fingerprint density at radius 1 is 1.10 bits per heavy atom. The molecule has 2 N–H and O–H groups in total. The standard InChI is InChI=1S/C22H25FN2O4/c1-15-3-8-19(28-2)18(13-15)25-21(27)20(26)24-14-22(9-11-29-12-10-22)16-4-6-17(23)7-5-16/h3-8,13H,9-12,14H2,1-2H3,(H,24,26)(H,25,27). The van der Waals surface area contributed by atoms with Crippen LogP contribution < -0.4 is 15.4 Å². The summed E-state index contributed by atoms with van der Waals surface area (Å²) >= 11 is 0. The van der Waals surface area contributed by atoms with E-state index in [9.17, 15) is 14.0 Å². The van der Waals surface area contributed by atoms with E-state index in [4.69, 9.17) is 9.47 Å². The third-order valence-corrected chi connectivity index (χ3v) is 5.30. The van der Waals surface area contributed by atoms with Gasteiger partial charge in [-0.2, -0.15) is 0 Å². The third-order valence-electron chi connectivity index (χ3n) is 5.30. The molecular formula is C22H25FN2O4. The first kappa shape index (κ1) is 20.8. The Hall–Kier alpha value is -2.93. The van der Waals surface area contributed by atoms with Crippen LogP contribution in [0.15, 0.2) is 42.5 Å². The van der Waals surface area contributed by atoms with Gasteiger partial charge in [0.1, 0.15) is 11.6 Å². The van der Waals surface area contributed by atoms with Crippen molar-refractivity contribution in [2.24, 2.45) is 0 Å². The highest BCUT2D eigenvalue weighted by molar-refractivity contribution is 6.39. The van der Waals surface area contributed by atoms with Gasteiger partial charge in [-0.1, -0.05) is 18.2 Å². The molecule has 0 unspecified atom stereocenters. The number of aryl methyl sites for hydroxylation is 1. The fourth-order valence-corrected chi connectivity index (χ4v) is 3.56. The Balaban J connectivity index is 1.69. The van der Waals surface area contributed by atoms with Crippen molar-refractivity contribution in [3.05, 3.63) is 59.4 Å². The maximum absolute atomic E-state index is 13.3. The van der Waals surface area contributed by atoms with E-state index in [0.717, 1.165) is 11.1 Å². The number of nitrogens with one attached hydrogen (secondary N) is 2. The first-order chi connectivity index (χ1) is 13.9. The summed E-state index contributed by atoms with van der Waals surface area (Å²) in [6.07, 6.45) is 1.35. The zero-order valence-electron chi connectivity index (χ0n) is 16.6. The number of rotatable bonds is 5. The van der Waals surface area contributed by atoms with Gasteiger partial charge in [0.15, 0.2) is 0 Å². The first-order valence-electron chi connectivity index (χ1n) is 9.51. The van der Waals surface area contributed by atoms with Crippen LogP contribution >= 0.6 is 0 Å². The SMILES string of the molecule is COc1ccc(C)cc1NC(=O)C(=O)NCC1(c2ccc(F)cc2)CCOCC1. The van der Waals surface area contributed by atoms with Crippen LogP contribution in [0.3, 0.4) is 0 Å². The van der Waals surface area contributed by atoms with Crippen molar-refractivity contribution in [3.63, 3.8) is 0 Å². The summed E-state index contributed by atoms with van der Waals surface area (Å²) in [5, 5.41) is 5.34. The molecule has 1 aliphatic heterocycles. The van der Waals surface area contributed by atoms with Gasteiger partial charge in [0, 0.05) is 25.2 Å². The van der Waals surface area contributed by atoms with Crippen LogP contribution in [0, 0.1) is 12.7 Å². The highest BCUT2D eigenvalue weighted by Crippen LogP contribution is 2.34. The average Bonchev–Trinajstić information content (AvgIpc) is 2.73. The molecule has 1 saturated heterocycles.